The molecule has 6 heteroatoms. The zero-order chi connectivity index (χ0) is 13.5. The van der Waals surface area contributed by atoms with E-state index in [0.29, 0.717) is 11.5 Å². The standard InChI is InChI=1S/C12H14O6/c1-16-10-7-8(18-6-5-11(13)14)3-4-9(10)12(15)17-2/h3-4,7H,5-6H2,1-2H3,(H,13,14). The van der Waals surface area contributed by atoms with Crippen molar-refractivity contribution in [3.63, 3.8) is 0 Å². The number of hydrogen-bond donors (Lipinski definition) is 1. The van der Waals surface area contributed by atoms with Crippen LogP contribution in [0.4, 0.5) is 0 Å². The van der Waals surface area contributed by atoms with E-state index < -0.39 is 11.9 Å². The van der Waals surface area contributed by atoms with Gasteiger partial charge in [0.15, 0.2) is 0 Å². The summed E-state index contributed by atoms with van der Waals surface area (Å²) in [4.78, 5) is 21.7. The van der Waals surface area contributed by atoms with Crippen LogP contribution in [0, 0.1) is 0 Å². The van der Waals surface area contributed by atoms with Gasteiger partial charge in [0.2, 0.25) is 0 Å². The summed E-state index contributed by atoms with van der Waals surface area (Å²) in [5.74, 6) is -0.701. The molecule has 0 fully saturated rings. The van der Waals surface area contributed by atoms with E-state index in [9.17, 15) is 9.59 Å². The predicted octanol–water partition coefficient (Wildman–Crippen LogP) is 1.34. The van der Waals surface area contributed by atoms with Crippen molar-refractivity contribution in [2.75, 3.05) is 20.8 Å². The second-order valence-corrected chi connectivity index (χ2v) is 3.35. The number of carbonyl (C=O) groups is 2. The number of methoxy groups -OCH3 is 2. The van der Waals surface area contributed by atoms with Gasteiger partial charge in [-0.15, -0.1) is 0 Å². The fraction of sp³-hybridized carbons (Fsp3) is 0.333. The van der Waals surface area contributed by atoms with Gasteiger partial charge >= 0.3 is 11.9 Å². The van der Waals surface area contributed by atoms with Gasteiger partial charge in [0.25, 0.3) is 0 Å². The van der Waals surface area contributed by atoms with Gasteiger partial charge < -0.3 is 19.3 Å². The zero-order valence-corrected chi connectivity index (χ0v) is 10.1. The van der Waals surface area contributed by atoms with Gasteiger partial charge in [-0.2, -0.15) is 0 Å². The maximum absolute atomic E-state index is 11.4. The second kappa shape index (κ2) is 6.48. The van der Waals surface area contributed by atoms with Crippen molar-refractivity contribution in [3.05, 3.63) is 23.8 Å². The largest absolute Gasteiger partial charge is 0.496 e. The number of rotatable bonds is 6. The molecular weight excluding hydrogens is 240 g/mol. The quantitative estimate of drug-likeness (QED) is 0.771. The van der Waals surface area contributed by atoms with E-state index in [0.717, 1.165) is 0 Å². The minimum absolute atomic E-state index is 0.0516. The van der Waals surface area contributed by atoms with Crippen molar-refractivity contribution in [2.45, 2.75) is 6.42 Å². The summed E-state index contributed by atoms with van der Waals surface area (Å²) in [5.41, 5.74) is 0.283. The number of esters is 1. The summed E-state index contributed by atoms with van der Waals surface area (Å²) in [5, 5.41) is 8.48. The van der Waals surface area contributed by atoms with E-state index in [-0.39, 0.29) is 18.6 Å². The molecule has 6 nitrogen and oxygen atoms in total. The number of hydrogen-bond acceptors (Lipinski definition) is 5. The van der Waals surface area contributed by atoms with E-state index in [1.807, 2.05) is 0 Å². The first kappa shape index (κ1) is 13.8. The third-order valence-electron chi connectivity index (χ3n) is 2.16. The molecule has 98 valence electrons. The van der Waals surface area contributed by atoms with Crippen molar-refractivity contribution < 1.29 is 28.9 Å². The molecule has 18 heavy (non-hydrogen) atoms. The first-order chi connectivity index (χ1) is 8.58. The number of carboxylic acids is 1. The molecule has 0 aromatic heterocycles. The lowest BCUT2D eigenvalue weighted by Crippen LogP contribution is -2.07. The predicted molar refractivity (Wildman–Crippen MR) is 62.1 cm³/mol. The van der Waals surface area contributed by atoms with E-state index in [4.69, 9.17) is 14.6 Å². The number of carbonyl (C=O) groups excluding carboxylic acids is 1. The van der Waals surface area contributed by atoms with Crippen molar-refractivity contribution in [3.8, 4) is 11.5 Å². The summed E-state index contributed by atoms with van der Waals surface area (Å²) in [6.45, 7) is 0.0516. The van der Waals surface area contributed by atoms with Gasteiger partial charge in [0, 0.05) is 6.07 Å². The van der Waals surface area contributed by atoms with Crippen LogP contribution in [0.25, 0.3) is 0 Å². The van der Waals surface area contributed by atoms with Gasteiger partial charge in [-0.25, -0.2) is 4.79 Å². The van der Waals surface area contributed by atoms with Crippen LogP contribution in [-0.4, -0.2) is 37.9 Å². The van der Waals surface area contributed by atoms with Crippen LogP contribution >= 0.6 is 0 Å². The average Bonchev–Trinajstić information content (AvgIpc) is 2.37. The summed E-state index contributed by atoms with van der Waals surface area (Å²) in [7, 11) is 2.70. The molecule has 0 heterocycles. The topological polar surface area (TPSA) is 82.1 Å². The summed E-state index contributed by atoms with van der Waals surface area (Å²) < 4.78 is 14.8. The van der Waals surface area contributed by atoms with Crippen LogP contribution in [0.3, 0.4) is 0 Å². The van der Waals surface area contributed by atoms with E-state index in [1.54, 1.807) is 6.07 Å². The summed E-state index contributed by atoms with van der Waals surface area (Å²) in [6.07, 6.45) is -0.0962. The third-order valence-corrected chi connectivity index (χ3v) is 2.16. The first-order valence-electron chi connectivity index (χ1n) is 5.19. The van der Waals surface area contributed by atoms with E-state index >= 15 is 0 Å². The van der Waals surface area contributed by atoms with Gasteiger partial charge in [-0.05, 0) is 12.1 Å². The summed E-state index contributed by atoms with van der Waals surface area (Å²) >= 11 is 0. The maximum atomic E-state index is 11.4. The fourth-order valence-electron chi connectivity index (χ4n) is 1.30. The van der Waals surface area contributed by atoms with E-state index in [1.165, 1.54) is 26.4 Å². The Morgan fingerprint density at radius 1 is 1.28 bits per heavy atom. The molecule has 0 unspecified atom stereocenters. The van der Waals surface area contributed by atoms with Crippen molar-refractivity contribution in [2.24, 2.45) is 0 Å². The Bertz CT molecular complexity index is 440. The Labute approximate surface area is 104 Å². The monoisotopic (exact) mass is 254 g/mol. The smallest absolute Gasteiger partial charge is 0.341 e. The van der Waals surface area contributed by atoms with Crippen LogP contribution in [-0.2, 0) is 9.53 Å². The molecule has 0 amide bonds. The Morgan fingerprint density at radius 3 is 2.56 bits per heavy atom. The Kier molecular flexibility index (Phi) is 4.98. The fourth-order valence-corrected chi connectivity index (χ4v) is 1.30. The van der Waals surface area contributed by atoms with E-state index in [2.05, 4.69) is 4.74 Å². The van der Waals surface area contributed by atoms with Gasteiger partial charge in [0.05, 0.1) is 27.2 Å². The number of ether oxygens (including phenoxy) is 3. The van der Waals surface area contributed by atoms with Gasteiger partial charge in [-0.3, -0.25) is 4.79 Å². The lowest BCUT2D eigenvalue weighted by molar-refractivity contribution is -0.137. The molecule has 0 saturated carbocycles. The SMILES string of the molecule is COC(=O)c1ccc(OCCC(=O)O)cc1OC. The molecule has 0 saturated heterocycles. The minimum Gasteiger partial charge on any atom is -0.496 e. The second-order valence-electron chi connectivity index (χ2n) is 3.35. The highest BCUT2D eigenvalue weighted by Crippen LogP contribution is 2.25. The molecule has 1 aromatic rings. The average molecular weight is 254 g/mol. The molecular formula is C12H14O6. The number of carboxylic acid groups (broad SMARTS) is 1. The molecule has 0 aliphatic carbocycles. The van der Waals surface area contributed by atoms with Crippen LogP contribution < -0.4 is 9.47 Å². The summed E-state index contributed by atoms with van der Waals surface area (Å²) in [6, 6.07) is 4.56. The molecule has 0 aliphatic heterocycles. The number of benzene rings is 1. The van der Waals surface area contributed by atoms with Gasteiger partial charge in [0.1, 0.15) is 17.1 Å². The Balaban J connectivity index is 2.78. The molecule has 1 aromatic carbocycles. The molecule has 1 N–H and O–H groups in total. The highest BCUT2D eigenvalue weighted by atomic mass is 16.5. The molecule has 0 bridgehead atoms. The lowest BCUT2D eigenvalue weighted by atomic mass is 10.2. The Morgan fingerprint density at radius 2 is 2.00 bits per heavy atom. The third kappa shape index (κ3) is 3.65. The van der Waals surface area contributed by atoms with Crippen molar-refractivity contribution in [1.29, 1.82) is 0 Å². The molecule has 0 atom stereocenters. The minimum atomic E-state index is -0.937. The Hall–Kier alpha value is -2.24. The van der Waals surface area contributed by atoms with Gasteiger partial charge in [-0.1, -0.05) is 0 Å². The van der Waals surface area contributed by atoms with Crippen LogP contribution in [0.5, 0.6) is 11.5 Å². The van der Waals surface area contributed by atoms with Crippen LogP contribution in [0.2, 0.25) is 0 Å². The maximum Gasteiger partial charge on any atom is 0.341 e. The highest BCUT2D eigenvalue weighted by molar-refractivity contribution is 5.92. The van der Waals surface area contributed by atoms with Crippen molar-refractivity contribution in [1.82, 2.24) is 0 Å². The first-order valence-corrected chi connectivity index (χ1v) is 5.19. The molecule has 0 radical (unpaired) electrons. The molecule has 1 rings (SSSR count). The molecule has 0 aliphatic rings. The normalized spacial score (nSPS) is 9.67. The van der Waals surface area contributed by atoms with Crippen LogP contribution in [0.15, 0.2) is 18.2 Å². The molecule has 0 spiro atoms. The van der Waals surface area contributed by atoms with Crippen LogP contribution in [0.1, 0.15) is 16.8 Å². The number of aliphatic carboxylic acids is 1. The highest BCUT2D eigenvalue weighted by Gasteiger charge is 2.13. The zero-order valence-electron chi connectivity index (χ0n) is 10.1. The lowest BCUT2D eigenvalue weighted by Gasteiger charge is -2.10. The van der Waals surface area contributed by atoms with Crippen molar-refractivity contribution >= 4 is 11.9 Å².